The SMILES string of the molecule is CC1(NC(=O)c2ccc(C(=O)c3ccccc3)c(C(=O)O)c2)CCC(CCCCCCC(N)=O)CC1. The molecule has 1 saturated carbocycles. The van der Waals surface area contributed by atoms with Crippen LogP contribution in [0.4, 0.5) is 0 Å². The number of hydrogen-bond acceptors (Lipinski definition) is 4. The fraction of sp³-hybridized carbons (Fsp3) is 0.448. The van der Waals surface area contributed by atoms with Crippen LogP contribution < -0.4 is 11.1 Å². The van der Waals surface area contributed by atoms with Gasteiger partial charge in [-0.3, -0.25) is 14.4 Å². The molecular formula is C29H36N2O5. The van der Waals surface area contributed by atoms with Crippen LogP contribution in [0.1, 0.15) is 108 Å². The average Bonchev–Trinajstić information content (AvgIpc) is 2.86. The Labute approximate surface area is 212 Å². The van der Waals surface area contributed by atoms with Crippen LogP contribution in [0, 0.1) is 5.92 Å². The number of amides is 2. The Hall–Kier alpha value is -3.48. The molecule has 0 heterocycles. The van der Waals surface area contributed by atoms with Gasteiger partial charge >= 0.3 is 5.97 Å². The van der Waals surface area contributed by atoms with Gasteiger partial charge in [-0.1, -0.05) is 56.0 Å². The van der Waals surface area contributed by atoms with E-state index in [1.165, 1.54) is 18.2 Å². The van der Waals surface area contributed by atoms with E-state index in [-0.39, 0.29) is 34.0 Å². The number of unbranched alkanes of at least 4 members (excludes halogenated alkanes) is 3. The summed E-state index contributed by atoms with van der Waals surface area (Å²) in [6.07, 6.45) is 9.52. The van der Waals surface area contributed by atoms with Gasteiger partial charge in [0.05, 0.1) is 5.56 Å². The number of nitrogens with one attached hydrogen (secondary N) is 1. The molecule has 1 fully saturated rings. The highest BCUT2D eigenvalue weighted by molar-refractivity contribution is 6.15. The van der Waals surface area contributed by atoms with Crippen LogP contribution in [0.3, 0.4) is 0 Å². The number of carboxylic acid groups (broad SMARTS) is 1. The third-order valence-electron chi connectivity index (χ3n) is 7.20. The van der Waals surface area contributed by atoms with Gasteiger partial charge in [-0.15, -0.1) is 0 Å². The summed E-state index contributed by atoms with van der Waals surface area (Å²) in [7, 11) is 0. The standard InChI is InChI=1S/C29H36N2O5/c1-29(17-15-20(16-18-29)9-5-2-3-8-12-25(30)32)31-27(34)22-13-14-23(24(19-22)28(35)36)26(33)21-10-6-4-7-11-21/h4,6-7,10-11,13-14,19-20H,2-3,5,8-9,12,15-18H2,1H3,(H2,30,32)(H,31,34)(H,35,36). The second kappa shape index (κ2) is 12.5. The highest BCUT2D eigenvalue weighted by atomic mass is 16.4. The summed E-state index contributed by atoms with van der Waals surface area (Å²) >= 11 is 0. The Morgan fingerprint density at radius 2 is 1.58 bits per heavy atom. The summed E-state index contributed by atoms with van der Waals surface area (Å²) in [5.74, 6) is -1.57. The highest BCUT2D eigenvalue weighted by Gasteiger charge is 2.32. The molecule has 0 aromatic heterocycles. The molecule has 0 aliphatic heterocycles. The van der Waals surface area contributed by atoms with Gasteiger partial charge in [0.25, 0.3) is 5.91 Å². The zero-order chi connectivity index (χ0) is 26.1. The second-order valence-corrected chi connectivity index (χ2v) is 10.1. The summed E-state index contributed by atoms with van der Waals surface area (Å²) in [4.78, 5) is 48.5. The molecule has 0 spiro atoms. The van der Waals surface area contributed by atoms with Crippen molar-refractivity contribution in [3.05, 3.63) is 70.8 Å². The van der Waals surface area contributed by atoms with Crippen molar-refractivity contribution < 1.29 is 24.3 Å². The number of hydrogen-bond donors (Lipinski definition) is 3. The van der Waals surface area contributed by atoms with Crippen molar-refractivity contribution in [1.29, 1.82) is 0 Å². The Morgan fingerprint density at radius 1 is 0.917 bits per heavy atom. The van der Waals surface area contributed by atoms with Crippen LogP contribution >= 0.6 is 0 Å². The molecule has 2 aromatic rings. The fourth-order valence-electron chi connectivity index (χ4n) is 4.97. The Kier molecular flexibility index (Phi) is 9.39. The molecule has 7 heteroatoms. The third kappa shape index (κ3) is 7.51. The molecule has 192 valence electrons. The fourth-order valence-corrected chi connectivity index (χ4v) is 4.97. The quantitative estimate of drug-likeness (QED) is 0.280. The van der Waals surface area contributed by atoms with Gasteiger partial charge in [-0.05, 0) is 63.1 Å². The van der Waals surface area contributed by atoms with Gasteiger partial charge in [0, 0.05) is 28.7 Å². The average molecular weight is 493 g/mol. The number of primary amides is 1. The van der Waals surface area contributed by atoms with E-state index < -0.39 is 11.8 Å². The molecule has 2 aromatic carbocycles. The van der Waals surface area contributed by atoms with Crippen LogP contribution in [-0.4, -0.2) is 34.2 Å². The van der Waals surface area contributed by atoms with E-state index >= 15 is 0 Å². The third-order valence-corrected chi connectivity index (χ3v) is 7.20. The second-order valence-electron chi connectivity index (χ2n) is 10.1. The van der Waals surface area contributed by atoms with E-state index in [1.54, 1.807) is 30.3 Å². The number of benzene rings is 2. The minimum atomic E-state index is -1.25. The first-order valence-corrected chi connectivity index (χ1v) is 12.8. The van der Waals surface area contributed by atoms with Crippen molar-refractivity contribution in [2.24, 2.45) is 11.7 Å². The van der Waals surface area contributed by atoms with Gasteiger partial charge in [-0.2, -0.15) is 0 Å². The number of carboxylic acids is 1. The van der Waals surface area contributed by atoms with Crippen molar-refractivity contribution in [2.45, 2.75) is 76.7 Å². The molecule has 1 aliphatic carbocycles. The van der Waals surface area contributed by atoms with E-state index in [0.29, 0.717) is 17.9 Å². The smallest absolute Gasteiger partial charge is 0.336 e. The molecule has 0 radical (unpaired) electrons. The molecule has 0 unspecified atom stereocenters. The lowest BCUT2D eigenvalue weighted by Crippen LogP contribution is -2.48. The summed E-state index contributed by atoms with van der Waals surface area (Å²) in [6, 6.07) is 12.7. The van der Waals surface area contributed by atoms with Crippen molar-refractivity contribution in [2.75, 3.05) is 0 Å². The number of nitrogens with two attached hydrogens (primary N) is 1. The summed E-state index contributed by atoms with van der Waals surface area (Å²) in [5.41, 5.74) is 5.33. The van der Waals surface area contributed by atoms with Crippen LogP contribution in [-0.2, 0) is 4.79 Å². The van der Waals surface area contributed by atoms with Crippen molar-refractivity contribution in [3.63, 3.8) is 0 Å². The van der Waals surface area contributed by atoms with Crippen LogP contribution in [0.25, 0.3) is 0 Å². The molecule has 4 N–H and O–H groups in total. The van der Waals surface area contributed by atoms with Gasteiger partial charge in [0.2, 0.25) is 5.91 Å². The minimum absolute atomic E-state index is 0.0617. The zero-order valence-corrected chi connectivity index (χ0v) is 20.9. The van der Waals surface area contributed by atoms with E-state index in [0.717, 1.165) is 57.8 Å². The largest absolute Gasteiger partial charge is 0.478 e. The van der Waals surface area contributed by atoms with Crippen LogP contribution in [0.5, 0.6) is 0 Å². The Bertz CT molecular complexity index is 1090. The molecule has 0 atom stereocenters. The van der Waals surface area contributed by atoms with Gasteiger partial charge in [-0.25, -0.2) is 4.79 Å². The number of ketones is 1. The monoisotopic (exact) mass is 492 g/mol. The van der Waals surface area contributed by atoms with E-state index in [4.69, 9.17) is 5.73 Å². The van der Waals surface area contributed by atoms with Gasteiger partial charge < -0.3 is 16.2 Å². The Balaban J connectivity index is 1.55. The van der Waals surface area contributed by atoms with Gasteiger partial charge in [0.15, 0.2) is 5.78 Å². The lowest BCUT2D eigenvalue weighted by atomic mass is 9.75. The predicted octanol–water partition coefficient (Wildman–Crippen LogP) is 5.12. The van der Waals surface area contributed by atoms with Crippen LogP contribution in [0.2, 0.25) is 0 Å². The van der Waals surface area contributed by atoms with Crippen LogP contribution in [0.15, 0.2) is 48.5 Å². The maximum atomic E-state index is 13.0. The van der Waals surface area contributed by atoms with Crippen molar-refractivity contribution >= 4 is 23.6 Å². The van der Waals surface area contributed by atoms with Gasteiger partial charge in [0.1, 0.15) is 0 Å². The maximum Gasteiger partial charge on any atom is 0.336 e. The predicted molar refractivity (Wildman–Crippen MR) is 138 cm³/mol. The van der Waals surface area contributed by atoms with Crippen molar-refractivity contribution in [3.8, 4) is 0 Å². The zero-order valence-electron chi connectivity index (χ0n) is 20.9. The lowest BCUT2D eigenvalue weighted by molar-refractivity contribution is -0.118. The molecule has 0 saturated heterocycles. The molecule has 36 heavy (non-hydrogen) atoms. The summed E-state index contributed by atoms with van der Waals surface area (Å²) < 4.78 is 0. The molecule has 1 aliphatic rings. The maximum absolute atomic E-state index is 13.0. The first-order valence-electron chi connectivity index (χ1n) is 12.8. The number of aromatic carboxylic acids is 1. The first kappa shape index (κ1) is 27.1. The number of rotatable bonds is 12. The topological polar surface area (TPSA) is 127 Å². The summed E-state index contributed by atoms with van der Waals surface area (Å²) in [5, 5.41) is 12.8. The summed E-state index contributed by atoms with van der Waals surface area (Å²) in [6.45, 7) is 2.04. The van der Waals surface area contributed by atoms with E-state index in [2.05, 4.69) is 5.32 Å². The highest BCUT2D eigenvalue weighted by Crippen LogP contribution is 2.35. The normalized spacial score (nSPS) is 19.4. The molecule has 7 nitrogen and oxygen atoms in total. The number of carbonyl (C=O) groups is 4. The molecule has 2 amide bonds. The minimum Gasteiger partial charge on any atom is -0.478 e. The molecular weight excluding hydrogens is 456 g/mol. The lowest BCUT2D eigenvalue weighted by Gasteiger charge is -2.38. The van der Waals surface area contributed by atoms with E-state index in [9.17, 15) is 24.3 Å². The van der Waals surface area contributed by atoms with E-state index in [1.807, 2.05) is 6.92 Å². The number of carbonyl (C=O) groups excluding carboxylic acids is 3. The van der Waals surface area contributed by atoms with Crippen molar-refractivity contribution in [1.82, 2.24) is 5.32 Å². The molecule has 0 bridgehead atoms. The first-order chi connectivity index (χ1) is 17.2. The Morgan fingerprint density at radius 3 is 2.22 bits per heavy atom. The molecule has 3 rings (SSSR count).